The van der Waals surface area contributed by atoms with E-state index in [9.17, 15) is 26.4 Å². The van der Waals surface area contributed by atoms with Crippen molar-refractivity contribution in [3.63, 3.8) is 0 Å². The maximum Gasteiger partial charge on any atom is 0.246 e. The molecular weight excluding hydrogens is 421 g/mol. The van der Waals surface area contributed by atoms with E-state index < -0.39 is 45.0 Å². The lowest BCUT2D eigenvalue weighted by Crippen LogP contribution is -2.43. The number of aryl methyl sites for hydroxylation is 1. The number of carbonyl (C=O) groups is 1. The molecular formula is C20H21F3N2O4S. The lowest BCUT2D eigenvalue weighted by atomic mass is 9.98. The van der Waals surface area contributed by atoms with Crippen LogP contribution in [0, 0.1) is 30.3 Å². The van der Waals surface area contributed by atoms with Crippen LogP contribution in [-0.2, 0) is 14.8 Å². The Morgan fingerprint density at radius 3 is 2.60 bits per heavy atom. The van der Waals surface area contributed by atoms with Gasteiger partial charge in [0.15, 0.2) is 17.5 Å². The number of sulfonamides is 1. The summed E-state index contributed by atoms with van der Waals surface area (Å²) < 4.78 is 73.0. The fraction of sp³-hybridized carbons (Fsp3) is 0.350. The molecule has 1 aliphatic rings. The molecule has 1 unspecified atom stereocenters. The minimum Gasteiger partial charge on any atom is -0.495 e. The van der Waals surface area contributed by atoms with Crippen LogP contribution in [0.1, 0.15) is 18.4 Å². The van der Waals surface area contributed by atoms with E-state index in [1.54, 1.807) is 19.1 Å². The number of benzene rings is 2. The largest absolute Gasteiger partial charge is 0.495 e. The molecule has 1 N–H and O–H groups in total. The molecule has 3 rings (SSSR count). The second-order valence-corrected chi connectivity index (χ2v) is 8.98. The molecule has 1 aliphatic heterocycles. The maximum atomic E-state index is 13.8. The summed E-state index contributed by atoms with van der Waals surface area (Å²) in [5.41, 5.74) is 0.230. The maximum absolute atomic E-state index is 13.8. The van der Waals surface area contributed by atoms with Crippen molar-refractivity contribution < 1.29 is 31.1 Å². The smallest absolute Gasteiger partial charge is 0.246 e. The van der Waals surface area contributed by atoms with Gasteiger partial charge in [-0.3, -0.25) is 4.79 Å². The molecule has 1 saturated heterocycles. The second kappa shape index (κ2) is 8.65. The van der Waals surface area contributed by atoms with Gasteiger partial charge in [-0.1, -0.05) is 6.07 Å². The average molecular weight is 442 g/mol. The van der Waals surface area contributed by atoms with E-state index in [0.29, 0.717) is 18.9 Å². The highest BCUT2D eigenvalue weighted by Crippen LogP contribution is 2.31. The van der Waals surface area contributed by atoms with E-state index in [2.05, 4.69) is 5.32 Å². The molecule has 162 valence electrons. The molecule has 0 aliphatic carbocycles. The number of halogens is 3. The monoisotopic (exact) mass is 442 g/mol. The van der Waals surface area contributed by atoms with Gasteiger partial charge in [0.1, 0.15) is 10.6 Å². The van der Waals surface area contributed by atoms with Crippen LogP contribution in [0.3, 0.4) is 0 Å². The molecule has 1 amide bonds. The number of amides is 1. The molecule has 0 spiro atoms. The third-order valence-electron chi connectivity index (χ3n) is 4.98. The van der Waals surface area contributed by atoms with Crippen LogP contribution in [0.25, 0.3) is 0 Å². The fourth-order valence-electron chi connectivity index (χ4n) is 3.36. The van der Waals surface area contributed by atoms with E-state index >= 15 is 0 Å². The number of hydrogen-bond acceptors (Lipinski definition) is 4. The first-order chi connectivity index (χ1) is 14.1. The first kappa shape index (κ1) is 22.1. The first-order valence-corrected chi connectivity index (χ1v) is 10.7. The van der Waals surface area contributed by atoms with Crippen molar-refractivity contribution >= 4 is 21.6 Å². The third kappa shape index (κ3) is 4.29. The van der Waals surface area contributed by atoms with Gasteiger partial charge in [-0.05, 0) is 49.6 Å². The van der Waals surface area contributed by atoms with Gasteiger partial charge >= 0.3 is 0 Å². The highest BCUT2D eigenvalue weighted by atomic mass is 32.2. The molecule has 0 saturated carbocycles. The standard InChI is InChI=1S/C20H21F3N2O4S/c1-12-5-8-16(29-2)17(10-12)30(27,28)25-9-3-4-13(11-25)20(26)24-15-7-6-14(21)18(22)19(15)23/h5-8,10,13H,3-4,9,11H2,1-2H3,(H,24,26). The number of nitrogens with one attached hydrogen (secondary N) is 1. The lowest BCUT2D eigenvalue weighted by Gasteiger charge is -2.31. The van der Waals surface area contributed by atoms with Crippen molar-refractivity contribution in [1.29, 1.82) is 0 Å². The number of nitrogens with zero attached hydrogens (tertiary/aromatic N) is 1. The molecule has 0 radical (unpaired) electrons. The second-order valence-electron chi connectivity index (χ2n) is 7.07. The van der Waals surface area contributed by atoms with Crippen LogP contribution >= 0.6 is 0 Å². The molecule has 1 atom stereocenters. The van der Waals surface area contributed by atoms with Gasteiger partial charge in [-0.15, -0.1) is 0 Å². The number of carbonyl (C=O) groups excluding carboxylic acids is 1. The van der Waals surface area contributed by atoms with E-state index in [1.165, 1.54) is 17.5 Å². The highest BCUT2D eigenvalue weighted by molar-refractivity contribution is 7.89. The normalized spacial score (nSPS) is 17.6. The highest BCUT2D eigenvalue weighted by Gasteiger charge is 2.35. The first-order valence-electron chi connectivity index (χ1n) is 9.24. The summed E-state index contributed by atoms with van der Waals surface area (Å²) in [5.74, 6) is -5.82. The van der Waals surface area contributed by atoms with E-state index in [1.807, 2.05) is 0 Å². The van der Waals surface area contributed by atoms with Gasteiger partial charge in [-0.2, -0.15) is 4.31 Å². The number of anilines is 1. The summed E-state index contributed by atoms with van der Waals surface area (Å²) in [7, 11) is -2.57. The van der Waals surface area contributed by atoms with Crippen LogP contribution in [0.5, 0.6) is 5.75 Å². The Labute approximate surface area is 172 Å². The Hall–Kier alpha value is -2.59. The van der Waals surface area contributed by atoms with E-state index in [0.717, 1.165) is 11.6 Å². The summed E-state index contributed by atoms with van der Waals surface area (Å²) in [6.07, 6.45) is 0.778. The van der Waals surface area contributed by atoms with E-state index in [-0.39, 0.29) is 23.7 Å². The Balaban J connectivity index is 1.81. The number of hydrogen-bond donors (Lipinski definition) is 1. The molecule has 0 bridgehead atoms. The molecule has 2 aromatic rings. The van der Waals surface area contributed by atoms with Gasteiger partial charge in [0.25, 0.3) is 0 Å². The molecule has 6 nitrogen and oxygen atoms in total. The number of piperidine rings is 1. The van der Waals surface area contributed by atoms with Gasteiger partial charge in [0.2, 0.25) is 15.9 Å². The summed E-state index contributed by atoms with van der Waals surface area (Å²) in [6.45, 7) is 1.83. The van der Waals surface area contributed by atoms with Crippen molar-refractivity contribution in [1.82, 2.24) is 4.31 Å². The number of ether oxygens (including phenoxy) is 1. The number of rotatable bonds is 5. The lowest BCUT2D eigenvalue weighted by molar-refractivity contribution is -0.120. The Kier molecular flexibility index (Phi) is 6.37. The number of methoxy groups -OCH3 is 1. The molecule has 1 fully saturated rings. The molecule has 30 heavy (non-hydrogen) atoms. The zero-order valence-corrected chi connectivity index (χ0v) is 17.2. The van der Waals surface area contributed by atoms with Crippen molar-refractivity contribution in [3.8, 4) is 5.75 Å². The Bertz CT molecular complexity index is 1080. The average Bonchev–Trinajstić information content (AvgIpc) is 2.74. The SMILES string of the molecule is COc1ccc(C)cc1S(=O)(=O)N1CCCC(C(=O)Nc2ccc(F)c(F)c2F)C1. The van der Waals surface area contributed by atoms with Crippen molar-refractivity contribution in [2.45, 2.75) is 24.7 Å². The molecule has 10 heteroatoms. The van der Waals surface area contributed by atoms with Crippen LogP contribution < -0.4 is 10.1 Å². The zero-order valence-electron chi connectivity index (χ0n) is 16.4. The predicted octanol–water partition coefficient (Wildman–Crippen LogP) is 3.46. The van der Waals surface area contributed by atoms with Crippen molar-refractivity contribution in [2.75, 3.05) is 25.5 Å². The van der Waals surface area contributed by atoms with Crippen LogP contribution in [-0.4, -0.2) is 38.8 Å². The van der Waals surface area contributed by atoms with Crippen molar-refractivity contribution in [3.05, 3.63) is 53.3 Å². The Morgan fingerprint density at radius 1 is 1.17 bits per heavy atom. The predicted molar refractivity (Wildman–Crippen MR) is 104 cm³/mol. The molecule has 1 heterocycles. The van der Waals surface area contributed by atoms with E-state index in [4.69, 9.17) is 4.74 Å². The van der Waals surface area contributed by atoms with Crippen LogP contribution in [0.15, 0.2) is 35.2 Å². The Morgan fingerprint density at radius 2 is 1.90 bits per heavy atom. The minimum atomic E-state index is -3.94. The van der Waals surface area contributed by atoms with Crippen LogP contribution in [0.2, 0.25) is 0 Å². The molecule has 2 aromatic carbocycles. The summed E-state index contributed by atoms with van der Waals surface area (Å²) >= 11 is 0. The third-order valence-corrected chi connectivity index (χ3v) is 6.87. The van der Waals surface area contributed by atoms with Gasteiger partial charge in [0.05, 0.1) is 18.7 Å². The summed E-state index contributed by atoms with van der Waals surface area (Å²) in [6, 6.07) is 6.40. The van der Waals surface area contributed by atoms with Crippen LogP contribution in [0.4, 0.5) is 18.9 Å². The van der Waals surface area contributed by atoms with Crippen molar-refractivity contribution in [2.24, 2.45) is 5.92 Å². The van der Waals surface area contributed by atoms with Gasteiger partial charge < -0.3 is 10.1 Å². The zero-order chi connectivity index (χ0) is 22.1. The molecule has 0 aromatic heterocycles. The summed E-state index contributed by atoms with van der Waals surface area (Å²) in [4.78, 5) is 12.6. The van der Waals surface area contributed by atoms with Gasteiger partial charge in [0, 0.05) is 13.1 Å². The topological polar surface area (TPSA) is 75.7 Å². The summed E-state index contributed by atoms with van der Waals surface area (Å²) in [5, 5.41) is 2.22. The fourth-order valence-corrected chi connectivity index (χ4v) is 5.12. The van der Waals surface area contributed by atoms with Gasteiger partial charge in [-0.25, -0.2) is 21.6 Å². The quantitative estimate of drug-likeness (QED) is 0.720. The minimum absolute atomic E-state index is 0.00212.